The van der Waals surface area contributed by atoms with E-state index in [4.69, 9.17) is 18.9 Å². The topological polar surface area (TPSA) is 156 Å². The van der Waals surface area contributed by atoms with E-state index in [1.54, 1.807) is 51.1 Å². The van der Waals surface area contributed by atoms with Gasteiger partial charge in [-0.05, 0) is 96.1 Å². The minimum atomic E-state index is -1.09. The molecular weight excluding hydrogens is 680 g/mol. The van der Waals surface area contributed by atoms with E-state index in [-0.39, 0.29) is 54.4 Å². The van der Waals surface area contributed by atoms with Gasteiger partial charge in [0, 0.05) is 45.8 Å². The van der Waals surface area contributed by atoms with E-state index in [2.05, 4.69) is 10.6 Å². The molecule has 1 fully saturated rings. The number of carbonyl (C=O) groups excluding carboxylic acids is 4. The molecule has 3 N–H and O–H groups in total. The van der Waals surface area contributed by atoms with Crippen molar-refractivity contribution in [2.75, 3.05) is 53.6 Å². The summed E-state index contributed by atoms with van der Waals surface area (Å²) in [4.78, 5) is 52.8. The molecule has 1 aromatic carbocycles. The van der Waals surface area contributed by atoms with E-state index < -0.39 is 29.8 Å². The largest absolute Gasteiger partial charge is 0.493 e. The van der Waals surface area contributed by atoms with Crippen LogP contribution < -0.4 is 15.4 Å². The van der Waals surface area contributed by atoms with E-state index in [0.29, 0.717) is 63.4 Å². The first-order chi connectivity index (χ1) is 25.0. The first-order valence-corrected chi connectivity index (χ1v) is 19.3. The van der Waals surface area contributed by atoms with Crippen LogP contribution in [0.2, 0.25) is 0 Å². The van der Waals surface area contributed by atoms with Crippen LogP contribution in [0.4, 0.5) is 4.79 Å². The number of hydrazine groups is 1. The number of nitrogens with one attached hydrogen (secondary N) is 2. The second-order valence-electron chi connectivity index (χ2n) is 15.7. The number of piperidine rings is 1. The molecule has 13 nitrogen and oxygen atoms in total. The zero-order valence-corrected chi connectivity index (χ0v) is 33.9. The summed E-state index contributed by atoms with van der Waals surface area (Å²) in [5.74, 6) is -1.03. The third-order valence-electron chi connectivity index (χ3n) is 9.84. The summed E-state index contributed by atoms with van der Waals surface area (Å²) in [5.41, 5.74) is -0.331. The van der Waals surface area contributed by atoms with Gasteiger partial charge in [0.2, 0.25) is 5.91 Å². The number of unbranched alkanes of at least 4 members (excludes halogenated alkanes) is 1. The molecule has 1 aliphatic rings. The van der Waals surface area contributed by atoms with E-state index in [9.17, 15) is 24.3 Å². The van der Waals surface area contributed by atoms with Gasteiger partial charge in [0.05, 0.1) is 37.3 Å². The summed E-state index contributed by atoms with van der Waals surface area (Å²) in [7, 11) is 3.05. The first-order valence-electron chi connectivity index (χ1n) is 19.3. The molecule has 0 saturated carbocycles. The number of ether oxygens (including phenoxy) is 4. The lowest BCUT2D eigenvalue weighted by Gasteiger charge is -2.41. The summed E-state index contributed by atoms with van der Waals surface area (Å²) in [5, 5.41) is 21.5. The molecule has 1 aliphatic heterocycles. The van der Waals surface area contributed by atoms with Crippen molar-refractivity contribution in [1.29, 1.82) is 0 Å². The number of benzene rings is 1. The minimum absolute atomic E-state index is 0.0729. The van der Waals surface area contributed by atoms with Crippen LogP contribution >= 0.6 is 0 Å². The molecule has 1 heterocycles. The molecule has 0 radical (unpaired) electrons. The van der Waals surface area contributed by atoms with Crippen LogP contribution in [0, 0.1) is 29.6 Å². The quantitative estimate of drug-likeness (QED) is 0.109. The van der Waals surface area contributed by atoms with E-state index in [1.807, 2.05) is 45.7 Å². The zero-order chi connectivity index (χ0) is 39.7. The van der Waals surface area contributed by atoms with E-state index >= 15 is 0 Å². The van der Waals surface area contributed by atoms with Crippen LogP contribution in [-0.2, 0) is 23.8 Å². The van der Waals surface area contributed by atoms with Crippen molar-refractivity contribution in [3.05, 3.63) is 29.8 Å². The molecule has 13 heteroatoms. The van der Waals surface area contributed by atoms with Crippen molar-refractivity contribution in [2.45, 2.75) is 112 Å². The summed E-state index contributed by atoms with van der Waals surface area (Å²) >= 11 is 0. The maximum absolute atomic E-state index is 14.1. The van der Waals surface area contributed by atoms with Crippen LogP contribution in [-0.4, -0.2) is 110 Å². The van der Waals surface area contributed by atoms with Crippen molar-refractivity contribution in [1.82, 2.24) is 20.7 Å². The third-order valence-corrected chi connectivity index (χ3v) is 9.84. The lowest BCUT2D eigenvalue weighted by molar-refractivity contribution is -0.161. The number of amides is 3. The fraction of sp³-hybridized carbons (Fsp3) is 0.750. The number of rotatable bonds is 21. The number of hydrogen-bond donors (Lipinski definition) is 3. The number of carbonyl (C=O) groups is 4. The smallest absolute Gasteiger partial charge is 0.407 e. The van der Waals surface area contributed by atoms with E-state index in [1.165, 1.54) is 7.11 Å². The van der Waals surface area contributed by atoms with Gasteiger partial charge >= 0.3 is 12.1 Å². The maximum atomic E-state index is 14.1. The fourth-order valence-corrected chi connectivity index (χ4v) is 6.60. The number of esters is 1. The van der Waals surface area contributed by atoms with E-state index in [0.717, 1.165) is 12.8 Å². The molecule has 3 amide bonds. The Bertz CT molecular complexity index is 1280. The highest BCUT2D eigenvalue weighted by molar-refractivity contribution is 5.96. The van der Waals surface area contributed by atoms with Gasteiger partial charge in [0.15, 0.2) is 0 Å². The van der Waals surface area contributed by atoms with Crippen LogP contribution in [0.1, 0.15) is 104 Å². The fourth-order valence-electron chi connectivity index (χ4n) is 6.60. The monoisotopic (exact) mass is 748 g/mol. The van der Waals surface area contributed by atoms with Gasteiger partial charge in [-0.15, -0.1) is 0 Å². The average Bonchev–Trinajstić information content (AvgIpc) is 3.10. The van der Waals surface area contributed by atoms with Crippen LogP contribution in [0.3, 0.4) is 0 Å². The number of aliphatic hydroxyl groups is 1. The molecule has 53 heavy (non-hydrogen) atoms. The van der Waals surface area contributed by atoms with Gasteiger partial charge in [0.25, 0.3) is 5.91 Å². The van der Waals surface area contributed by atoms with Crippen molar-refractivity contribution >= 4 is 23.9 Å². The highest BCUT2D eigenvalue weighted by atomic mass is 16.6. The second-order valence-corrected chi connectivity index (χ2v) is 15.7. The molecule has 0 bridgehead atoms. The van der Waals surface area contributed by atoms with Crippen LogP contribution in [0.25, 0.3) is 0 Å². The molecule has 0 aliphatic carbocycles. The maximum Gasteiger partial charge on any atom is 0.407 e. The molecule has 4 unspecified atom stereocenters. The third kappa shape index (κ3) is 15.5. The summed E-state index contributed by atoms with van der Waals surface area (Å²) in [6.07, 6.45) is 1.51. The number of aliphatic hydroxyl groups excluding tert-OH is 1. The predicted octanol–water partition coefficient (Wildman–Crippen LogP) is 5.45. The first kappa shape index (κ1) is 45.7. The lowest BCUT2D eigenvalue weighted by Crippen LogP contribution is -2.54. The van der Waals surface area contributed by atoms with Gasteiger partial charge in [0.1, 0.15) is 11.4 Å². The van der Waals surface area contributed by atoms with Gasteiger partial charge in [-0.3, -0.25) is 19.4 Å². The summed E-state index contributed by atoms with van der Waals surface area (Å²) < 4.78 is 21.6. The van der Waals surface area contributed by atoms with Crippen molar-refractivity contribution < 1.29 is 43.2 Å². The molecule has 0 spiro atoms. The Hall–Kier alpha value is -3.42. The lowest BCUT2D eigenvalue weighted by atomic mass is 9.82. The van der Waals surface area contributed by atoms with Gasteiger partial charge < -0.3 is 34.7 Å². The molecule has 1 aromatic rings. The number of methoxy groups -OCH3 is 2. The van der Waals surface area contributed by atoms with Crippen LogP contribution in [0.5, 0.6) is 5.75 Å². The molecule has 0 aromatic heterocycles. The molecule has 302 valence electrons. The highest BCUT2D eigenvalue weighted by Gasteiger charge is 2.37. The number of alkyl carbamates (subject to hydrolysis) is 1. The number of para-hydroxylation sites is 1. The van der Waals surface area contributed by atoms with Gasteiger partial charge in [-0.25, -0.2) is 9.80 Å². The Morgan fingerprint density at radius 3 is 2.17 bits per heavy atom. The van der Waals surface area contributed by atoms with Crippen molar-refractivity contribution in [3.63, 3.8) is 0 Å². The Morgan fingerprint density at radius 1 is 0.962 bits per heavy atom. The standard InChI is InChI=1S/C40H68N4O9/c1-11-44(43-20-18-29(19-21-43)38(48)51-10)37(47)32(28(4)5)25-34(45)33(42-39(49)53-40(6,7)8)24-30(27(2)3)26-41-36(46)31-16-12-13-17-35(31)52-23-15-14-22-50-9/h12-13,16-17,27-30,32-34,45H,11,14-15,18-26H2,1-10H3,(H,41,46)(H,42,49). The molecule has 1 saturated heterocycles. The van der Waals surface area contributed by atoms with Crippen molar-refractivity contribution in [3.8, 4) is 5.75 Å². The molecular formula is C40H68N4O9. The minimum Gasteiger partial charge on any atom is -0.493 e. The van der Waals surface area contributed by atoms with Gasteiger partial charge in [-0.2, -0.15) is 0 Å². The zero-order valence-electron chi connectivity index (χ0n) is 33.9. The average molecular weight is 749 g/mol. The Kier molecular flexibility index (Phi) is 19.6. The SMILES string of the molecule is CCN(C(=O)C(CC(O)C(CC(CNC(=O)c1ccccc1OCCCCOC)C(C)C)NC(=O)OC(C)(C)C)C(C)C)N1CCC(C(=O)OC)CC1. The number of hydrogen-bond acceptors (Lipinski definition) is 10. The van der Waals surface area contributed by atoms with Crippen LogP contribution in [0.15, 0.2) is 24.3 Å². The molecule has 2 rings (SSSR count). The van der Waals surface area contributed by atoms with Crippen molar-refractivity contribution in [2.24, 2.45) is 29.6 Å². The molecule has 4 atom stereocenters. The second kappa shape index (κ2) is 22.7. The van der Waals surface area contributed by atoms with Gasteiger partial charge in [-0.1, -0.05) is 39.8 Å². The Labute approximate surface area is 317 Å². The summed E-state index contributed by atoms with van der Waals surface area (Å²) in [6.45, 7) is 18.1. The predicted molar refractivity (Wildman–Crippen MR) is 204 cm³/mol. The number of nitrogens with zero attached hydrogens (tertiary/aromatic N) is 2. The highest BCUT2D eigenvalue weighted by Crippen LogP contribution is 2.28. The Balaban J connectivity index is 2.23. The Morgan fingerprint density at radius 2 is 1.60 bits per heavy atom. The summed E-state index contributed by atoms with van der Waals surface area (Å²) in [6, 6.07) is 6.36. The normalized spacial score (nSPS) is 16.4.